The van der Waals surface area contributed by atoms with Crippen LogP contribution in [0, 0.1) is 6.92 Å². The van der Waals surface area contributed by atoms with Crippen LogP contribution in [0.3, 0.4) is 0 Å². The van der Waals surface area contributed by atoms with Crippen molar-refractivity contribution in [1.29, 1.82) is 0 Å². The molecule has 0 aliphatic carbocycles. The Balaban J connectivity index is 1.96. The molecule has 0 bridgehead atoms. The number of carbonyl (C=O) groups is 1. The van der Waals surface area contributed by atoms with Crippen LogP contribution in [0.2, 0.25) is 0 Å². The van der Waals surface area contributed by atoms with Crippen LogP contribution in [0.25, 0.3) is 0 Å². The van der Waals surface area contributed by atoms with Gasteiger partial charge in [0.25, 0.3) is 0 Å². The average molecular weight is 228 g/mol. The molecule has 0 fully saturated rings. The fraction of sp³-hybridized carbons (Fsp3) is 0.0833. The number of carbonyl (C=O) groups excluding carboxylic acids is 1. The molecule has 17 heavy (non-hydrogen) atoms. The molecule has 0 saturated heterocycles. The second kappa shape index (κ2) is 5.07. The fourth-order valence-electron chi connectivity index (χ4n) is 1.26. The number of nitrogens with one attached hydrogen (secondary N) is 2. The van der Waals surface area contributed by atoms with Gasteiger partial charge in [-0.25, -0.2) is 9.78 Å². The van der Waals surface area contributed by atoms with Crippen LogP contribution < -0.4 is 10.6 Å². The summed E-state index contributed by atoms with van der Waals surface area (Å²) in [5.41, 5.74) is 1.68. The topological polar surface area (TPSA) is 66.9 Å². The zero-order valence-corrected chi connectivity index (χ0v) is 9.34. The van der Waals surface area contributed by atoms with Crippen LogP contribution in [-0.4, -0.2) is 16.0 Å². The second-order valence-corrected chi connectivity index (χ2v) is 3.54. The maximum Gasteiger partial charge on any atom is 0.324 e. The van der Waals surface area contributed by atoms with Gasteiger partial charge in [-0.2, -0.15) is 0 Å². The molecule has 5 heteroatoms. The summed E-state index contributed by atoms with van der Waals surface area (Å²) in [5.74, 6) is 0.511. The molecule has 0 spiro atoms. The zero-order valence-electron chi connectivity index (χ0n) is 9.34. The Morgan fingerprint density at radius 2 is 2.06 bits per heavy atom. The van der Waals surface area contributed by atoms with Gasteiger partial charge in [-0.1, -0.05) is 6.07 Å². The summed E-state index contributed by atoms with van der Waals surface area (Å²) >= 11 is 0. The molecule has 0 atom stereocenters. The number of pyridine rings is 2. The van der Waals surface area contributed by atoms with Crippen LogP contribution in [0.15, 0.2) is 42.9 Å². The lowest BCUT2D eigenvalue weighted by Crippen LogP contribution is -2.20. The minimum atomic E-state index is -0.339. The number of urea groups is 1. The van der Waals surface area contributed by atoms with Crippen molar-refractivity contribution in [3.63, 3.8) is 0 Å². The molecule has 2 aromatic heterocycles. The van der Waals surface area contributed by atoms with E-state index in [0.717, 1.165) is 5.56 Å². The normalized spacial score (nSPS) is 9.71. The molecule has 2 amide bonds. The van der Waals surface area contributed by atoms with Gasteiger partial charge in [0, 0.05) is 12.4 Å². The van der Waals surface area contributed by atoms with E-state index in [9.17, 15) is 4.79 Å². The minimum absolute atomic E-state index is 0.339. The van der Waals surface area contributed by atoms with Crippen molar-refractivity contribution >= 4 is 17.5 Å². The smallest absolute Gasteiger partial charge is 0.306 e. The third kappa shape index (κ3) is 3.27. The molecule has 5 nitrogen and oxygen atoms in total. The van der Waals surface area contributed by atoms with Gasteiger partial charge in [0.2, 0.25) is 0 Å². The molecule has 0 aliphatic rings. The summed E-state index contributed by atoms with van der Waals surface area (Å²) in [6.07, 6.45) is 4.91. The number of nitrogens with zero attached hydrogens (tertiary/aromatic N) is 2. The lowest BCUT2D eigenvalue weighted by molar-refractivity contribution is 0.262. The molecule has 2 aromatic rings. The summed E-state index contributed by atoms with van der Waals surface area (Å²) in [5, 5.41) is 5.28. The van der Waals surface area contributed by atoms with E-state index in [0.29, 0.717) is 11.5 Å². The van der Waals surface area contributed by atoms with Crippen molar-refractivity contribution in [3.05, 3.63) is 48.4 Å². The van der Waals surface area contributed by atoms with E-state index < -0.39 is 0 Å². The number of hydrogen-bond acceptors (Lipinski definition) is 3. The Morgan fingerprint density at radius 3 is 2.71 bits per heavy atom. The maximum absolute atomic E-state index is 11.6. The van der Waals surface area contributed by atoms with Crippen molar-refractivity contribution in [2.24, 2.45) is 0 Å². The molecule has 2 heterocycles. The number of hydrogen-bond donors (Lipinski definition) is 2. The minimum Gasteiger partial charge on any atom is -0.306 e. The van der Waals surface area contributed by atoms with Crippen LogP contribution in [0.4, 0.5) is 16.3 Å². The molecule has 0 saturated carbocycles. The van der Waals surface area contributed by atoms with Gasteiger partial charge in [0.15, 0.2) is 0 Å². The summed E-state index contributed by atoms with van der Waals surface area (Å²) < 4.78 is 0. The Hall–Kier alpha value is -2.43. The fourth-order valence-corrected chi connectivity index (χ4v) is 1.26. The Kier molecular flexibility index (Phi) is 3.30. The summed E-state index contributed by atoms with van der Waals surface area (Å²) in [6, 6.07) is 6.80. The highest BCUT2D eigenvalue weighted by atomic mass is 16.2. The van der Waals surface area contributed by atoms with E-state index in [-0.39, 0.29) is 6.03 Å². The average Bonchev–Trinajstić information content (AvgIpc) is 2.33. The van der Waals surface area contributed by atoms with E-state index in [1.54, 1.807) is 36.8 Å². The maximum atomic E-state index is 11.6. The monoisotopic (exact) mass is 228 g/mol. The van der Waals surface area contributed by atoms with Crippen LogP contribution in [-0.2, 0) is 0 Å². The van der Waals surface area contributed by atoms with Crippen molar-refractivity contribution in [1.82, 2.24) is 9.97 Å². The number of rotatable bonds is 2. The predicted octanol–water partition coefficient (Wildman–Crippen LogP) is 2.43. The molecule has 0 aromatic carbocycles. The zero-order chi connectivity index (χ0) is 12.1. The molecular formula is C12H12N4O. The molecule has 86 valence electrons. The van der Waals surface area contributed by atoms with Gasteiger partial charge >= 0.3 is 6.03 Å². The number of aromatic nitrogens is 2. The van der Waals surface area contributed by atoms with Gasteiger partial charge < -0.3 is 5.32 Å². The molecule has 0 unspecified atom stereocenters. The molecule has 0 radical (unpaired) electrons. The van der Waals surface area contributed by atoms with Gasteiger partial charge in [-0.05, 0) is 30.7 Å². The Morgan fingerprint density at radius 1 is 1.18 bits per heavy atom. The third-order valence-corrected chi connectivity index (χ3v) is 2.07. The van der Waals surface area contributed by atoms with E-state index in [1.165, 1.54) is 0 Å². The Bertz CT molecular complexity index is 496. The second-order valence-electron chi connectivity index (χ2n) is 3.54. The van der Waals surface area contributed by atoms with Crippen molar-refractivity contribution in [2.75, 3.05) is 10.6 Å². The van der Waals surface area contributed by atoms with Crippen LogP contribution >= 0.6 is 0 Å². The Labute approximate surface area is 98.9 Å². The van der Waals surface area contributed by atoms with Gasteiger partial charge in [0.1, 0.15) is 5.82 Å². The molecular weight excluding hydrogens is 216 g/mol. The van der Waals surface area contributed by atoms with Gasteiger partial charge in [0.05, 0.1) is 11.9 Å². The first-order valence-corrected chi connectivity index (χ1v) is 5.15. The summed E-state index contributed by atoms with van der Waals surface area (Å²) in [7, 11) is 0. The van der Waals surface area contributed by atoms with Gasteiger partial charge in [-0.3, -0.25) is 10.3 Å². The first-order valence-electron chi connectivity index (χ1n) is 5.15. The molecule has 0 aliphatic heterocycles. The lowest BCUT2D eigenvalue weighted by atomic mass is 10.3. The van der Waals surface area contributed by atoms with Gasteiger partial charge in [-0.15, -0.1) is 0 Å². The summed E-state index contributed by atoms with van der Waals surface area (Å²) in [4.78, 5) is 19.5. The van der Waals surface area contributed by atoms with Crippen molar-refractivity contribution < 1.29 is 4.79 Å². The first kappa shape index (κ1) is 11.1. The number of anilines is 2. The lowest BCUT2D eigenvalue weighted by Gasteiger charge is -2.06. The SMILES string of the molecule is Cc1ccc(NC(=O)Nc2cccnc2)nc1. The highest BCUT2D eigenvalue weighted by molar-refractivity contribution is 5.98. The predicted molar refractivity (Wildman–Crippen MR) is 65.9 cm³/mol. The standard InChI is InChI=1S/C12H12N4O/c1-9-4-5-11(14-7-9)16-12(17)15-10-3-2-6-13-8-10/h2-8H,1H3,(H2,14,15,16,17). The van der Waals surface area contributed by atoms with E-state index in [4.69, 9.17) is 0 Å². The third-order valence-electron chi connectivity index (χ3n) is 2.07. The summed E-state index contributed by atoms with van der Waals surface area (Å²) in [6.45, 7) is 1.94. The number of amides is 2. The van der Waals surface area contributed by atoms with E-state index in [2.05, 4.69) is 20.6 Å². The quantitative estimate of drug-likeness (QED) is 0.829. The first-order chi connectivity index (χ1) is 8.24. The highest BCUT2D eigenvalue weighted by Gasteiger charge is 2.02. The van der Waals surface area contributed by atoms with Crippen LogP contribution in [0.5, 0.6) is 0 Å². The number of aryl methyl sites for hydroxylation is 1. The van der Waals surface area contributed by atoms with Crippen molar-refractivity contribution in [3.8, 4) is 0 Å². The molecule has 2 N–H and O–H groups in total. The van der Waals surface area contributed by atoms with Crippen molar-refractivity contribution in [2.45, 2.75) is 6.92 Å². The van der Waals surface area contributed by atoms with E-state index in [1.807, 2.05) is 13.0 Å². The largest absolute Gasteiger partial charge is 0.324 e. The van der Waals surface area contributed by atoms with E-state index >= 15 is 0 Å². The van der Waals surface area contributed by atoms with Crippen LogP contribution in [0.1, 0.15) is 5.56 Å². The molecule has 2 rings (SSSR count). The highest BCUT2D eigenvalue weighted by Crippen LogP contribution is 2.06.